The van der Waals surface area contributed by atoms with Gasteiger partial charge in [0.15, 0.2) is 4.33 Å². The van der Waals surface area contributed by atoms with E-state index in [1.54, 1.807) is 0 Å². The zero-order chi connectivity index (χ0) is 5.15. The summed E-state index contributed by atoms with van der Waals surface area (Å²) in [7, 11) is 0. The fourth-order valence-corrected chi connectivity index (χ4v) is 0. The number of nitro groups is 1. The molecule has 5 nitrogen and oxygen atoms in total. The molecule has 0 aliphatic rings. The second-order valence-corrected chi connectivity index (χ2v) is 1.21. The van der Waals surface area contributed by atoms with E-state index in [1.807, 2.05) is 0 Å². The van der Waals surface area contributed by atoms with Gasteiger partial charge in [-0.3, -0.25) is 0 Å². The van der Waals surface area contributed by atoms with Gasteiger partial charge in [-0.1, -0.05) is 0 Å². The predicted molar refractivity (Wildman–Crippen MR) is 17.8 cm³/mol. The molecule has 1 unspecified atom stereocenters. The zero-order valence-electron chi connectivity index (χ0n) is 2.53. The summed E-state index contributed by atoms with van der Waals surface area (Å²) in [5.74, 6) is 0. The van der Waals surface area contributed by atoms with Gasteiger partial charge in [0.05, 0.1) is 0 Å². The van der Waals surface area contributed by atoms with Crippen molar-refractivity contribution in [3.05, 3.63) is 10.1 Å². The molecule has 0 spiro atoms. The molecule has 0 aromatic heterocycles. The topological polar surface area (TPSA) is 80.4 Å². The first-order valence-corrected chi connectivity index (χ1v) is 1.96. The maximum absolute atomic E-state index is 9.11. The van der Waals surface area contributed by atoms with Crippen LogP contribution in [0.4, 0.5) is 0 Å². The van der Waals surface area contributed by atoms with Gasteiger partial charge in [0.1, 0.15) is 0 Å². The summed E-state index contributed by atoms with van der Waals surface area (Å²) in [5, 5.41) is 8.95. The first-order valence-electron chi connectivity index (χ1n) is 0.897. The Morgan fingerprint density at radius 3 is 2.00 bits per heavy atom. The van der Waals surface area contributed by atoms with Gasteiger partial charge >= 0.3 is 11.3 Å². The van der Waals surface area contributed by atoms with Crippen molar-refractivity contribution >= 4 is 11.3 Å². The second kappa shape index (κ2) is 1.83. The van der Waals surface area contributed by atoms with Crippen molar-refractivity contribution in [2.45, 2.75) is 0 Å². The molecule has 0 fully saturated rings. The lowest BCUT2D eigenvalue weighted by Crippen LogP contribution is -1.99. The lowest BCUT2D eigenvalue weighted by molar-refractivity contribution is -0.306. The average molecular weight is 111 g/mol. The third kappa shape index (κ3) is 1.79. The third-order valence-corrected chi connectivity index (χ3v) is 0.383. The Balaban J connectivity index is 3.57. The van der Waals surface area contributed by atoms with E-state index in [4.69, 9.17) is 18.9 Å². The highest BCUT2D eigenvalue weighted by Gasteiger charge is 2.01. The zero-order valence-corrected chi connectivity index (χ0v) is 3.34. The SMILES string of the molecule is O=[N+]([O-])S(=O)O. The molecule has 1 N–H and O–H groups in total. The quantitative estimate of drug-likeness (QED) is 0.278. The van der Waals surface area contributed by atoms with Crippen LogP contribution in [0.1, 0.15) is 0 Å². The van der Waals surface area contributed by atoms with Crippen LogP contribution in [-0.2, 0) is 11.3 Å². The van der Waals surface area contributed by atoms with E-state index in [2.05, 4.69) is 0 Å². The van der Waals surface area contributed by atoms with Crippen molar-refractivity contribution in [3.63, 3.8) is 0 Å². The Bertz CT molecular complexity index is 73.5. The largest absolute Gasteiger partial charge is 0.498 e. The molecule has 0 radical (unpaired) electrons. The monoisotopic (exact) mass is 111 g/mol. The van der Waals surface area contributed by atoms with Gasteiger partial charge in [-0.2, -0.15) is 4.21 Å². The molecular formula is HNO4S. The maximum atomic E-state index is 9.11. The molecule has 1 atom stereocenters. The Kier molecular flexibility index (Phi) is 1.68. The van der Waals surface area contributed by atoms with E-state index >= 15 is 0 Å². The van der Waals surface area contributed by atoms with Crippen LogP contribution in [0.5, 0.6) is 0 Å². The molecule has 6 heavy (non-hydrogen) atoms. The van der Waals surface area contributed by atoms with Crippen molar-refractivity contribution in [1.29, 1.82) is 0 Å². The fraction of sp³-hybridized carbons (Fsp3) is 0. The Labute approximate surface area is 35.5 Å². The number of rotatable bonds is 1. The summed E-state index contributed by atoms with van der Waals surface area (Å²) >= 11 is -2.90. The Morgan fingerprint density at radius 2 is 2.00 bits per heavy atom. The van der Waals surface area contributed by atoms with Crippen LogP contribution >= 0.6 is 0 Å². The number of hydrogen-bond acceptors (Lipinski definition) is 3. The fourth-order valence-electron chi connectivity index (χ4n) is 0. The second-order valence-electron chi connectivity index (χ2n) is 0.454. The first kappa shape index (κ1) is 5.51. The van der Waals surface area contributed by atoms with Gasteiger partial charge in [0.2, 0.25) is 0 Å². The van der Waals surface area contributed by atoms with E-state index in [-0.39, 0.29) is 0 Å². The molecule has 0 aliphatic heterocycles. The first-order chi connectivity index (χ1) is 2.64. The molecule has 6 heteroatoms. The summed E-state index contributed by atoms with van der Waals surface area (Å²) in [4.78, 5) is 8.95. The third-order valence-electron chi connectivity index (χ3n) is 0.128. The average Bonchev–Trinajstić information content (AvgIpc) is 1.36. The highest BCUT2D eigenvalue weighted by molar-refractivity contribution is 7.72. The maximum Gasteiger partial charge on any atom is 0.498 e. The minimum atomic E-state index is -2.90. The summed E-state index contributed by atoms with van der Waals surface area (Å²) in [5.41, 5.74) is 0. The minimum absolute atomic E-state index is 1.31. The van der Waals surface area contributed by atoms with Crippen molar-refractivity contribution in [3.8, 4) is 0 Å². The molecule has 0 saturated carbocycles. The van der Waals surface area contributed by atoms with E-state index in [1.165, 1.54) is 0 Å². The molecular weight excluding hydrogens is 110 g/mol. The highest BCUT2D eigenvalue weighted by Crippen LogP contribution is 1.67. The Morgan fingerprint density at radius 1 is 1.83 bits per heavy atom. The van der Waals surface area contributed by atoms with Gasteiger partial charge in [-0.15, -0.1) is 0 Å². The van der Waals surface area contributed by atoms with Crippen molar-refractivity contribution in [2.24, 2.45) is 0 Å². The van der Waals surface area contributed by atoms with Crippen LogP contribution in [0, 0.1) is 10.1 Å². The van der Waals surface area contributed by atoms with E-state index in [0.29, 0.717) is 0 Å². The van der Waals surface area contributed by atoms with Gasteiger partial charge in [-0.05, 0) is 0 Å². The van der Waals surface area contributed by atoms with Crippen LogP contribution in [0.25, 0.3) is 0 Å². The van der Waals surface area contributed by atoms with Crippen molar-refractivity contribution in [2.75, 3.05) is 0 Å². The van der Waals surface area contributed by atoms with Gasteiger partial charge in [0.25, 0.3) is 0 Å². The van der Waals surface area contributed by atoms with E-state index in [9.17, 15) is 0 Å². The van der Waals surface area contributed by atoms with Crippen LogP contribution in [0.2, 0.25) is 0 Å². The normalized spacial score (nSPS) is 13.5. The molecule has 0 aliphatic carbocycles. The predicted octanol–water partition coefficient (Wildman–Crippen LogP) is -0.600. The van der Waals surface area contributed by atoms with Crippen molar-refractivity contribution < 1.29 is 13.1 Å². The lowest BCUT2D eigenvalue weighted by atomic mass is 13.4. The van der Waals surface area contributed by atoms with Crippen LogP contribution in [-0.4, -0.2) is 13.1 Å². The lowest BCUT2D eigenvalue weighted by Gasteiger charge is -1.71. The van der Waals surface area contributed by atoms with Crippen LogP contribution in [0.3, 0.4) is 0 Å². The molecule has 0 saturated heterocycles. The van der Waals surface area contributed by atoms with Gasteiger partial charge in [-0.25, -0.2) is 14.7 Å². The standard InChI is InChI=1S/HNO4S/c2-1(3)6(4)5/h(H,4,5). The van der Waals surface area contributed by atoms with Crippen molar-refractivity contribution in [1.82, 2.24) is 0 Å². The molecule has 0 aromatic carbocycles. The molecule has 0 amide bonds. The summed E-state index contributed by atoms with van der Waals surface area (Å²) in [6.07, 6.45) is 0. The summed E-state index contributed by atoms with van der Waals surface area (Å²) < 4.78 is 15.2. The van der Waals surface area contributed by atoms with E-state index in [0.717, 1.165) is 0 Å². The summed E-state index contributed by atoms with van der Waals surface area (Å²) in [6, 6.07) is 0. The molecule has 0 heterocycles. The van der Waals surface area contributed by atoms with Gasteiger partial charge < -0.3 is 0 Å². The van der Waals surface area contributed by atoms with Gasteiger partial charge in [0, 0.05) is 0 Å². The summed E-state index contributed by atoms with van der Waals surface area (Å²) in [6.45, 7) is 0. The highest BCUT2D eigenvalue weighted by atomic mass is 32.2. The molecule has 0 rings (SSSR count). The molecule has 36 valence electrons. The van der Waals surface area contributed by atoms with Crippen LogP contribution in [0.15, 0.2) is 0 Å². The van der Waals surface area contributed by atoms with E-state index < -0.39 is 15.6 Å². The Hall–Kier alpha value is -0.490. The smallest absolute Gasteiger partial charge is 0.248 e. The minimum Gasteiger partial charge on any atom is -0.248 e. The molecule has 0 bridgehead atoms. The number of nitrogens with zero attached hydrogens (tertiary/aromatic N) is 1. The molecule has 0 aromatic rings. The van der Waals surface area contributed by atoms with Crippen LogP contribution < -0.4 is 0 Å². The number of hydrogen-bond donors (Lipinski definition) is 1.